The number of benzene rings is 1. The van der Waals surface area contributed by atoms with Gasteiger partial charge in [0.2, 0.25) is 5.91 Å². The Hall–Kier alpha value is -2.79. The van der Waals surface area contributed by atoms with E-state index < -0.39 is 52.3 Å². The molecule has 10 nitrogen and oxygen atoms in total. The molecule has 0 aliphatic carbocycles. The molecule has 17 heteroatoms. The van der Waals surface area contributed by atoms with E-state index in [4.69, 9.17) is 25.6 Å². The fourth-order valence-electron chi connectivity index (χ4n) is 5.20. The zero-order valence-electron chi connectivity index (χ0n) is 22.1. The summed E-state index contributed by atoms with van der Waals surface area (Å²) in [5.41, 5.74) is 1.31. The second kappa shape index (κ2) is 12.1. The first-order valence-corrected chi connectivity index (χ1v) is 15.9. The van der Waals surface area contributed by atoms with Crippen LogP contribution in [0.25, 0.3) is 0 Å². The Labute approximate surface area is 247 Å². The Morgan fingerprint density at radius 2 is 2.00 bits per heavy atom. The molecular weight excluding hydrogens is 626 g/mol. The molecule has 5 rings (SSSR count). The topological polar surface area (TPSA) is 116 Å². The molecule has 1 amide bonds. The van der Waals surface area contributed by atoms with Gasteiger partial charge in [0.05, 0.1) is 23.6 Å². The third kappa shape index (κ3) is 6.27. The zero-order chi connectivity index (χ0) is 30.2. The van der Waals surface area contributed by atoms with Crippen LogP contribution in [-0.2, 0) is 31.8 Å². The van der Waals surface area contributed by atoms with Gasteiger partial charge in [-0.1, -0.05) is 17.7 Å². The minimum absolute atomic E-state index is 0.0167. The number of hydrogen-bond acceptors (Lipinski definition) is 9. The first-order chi connectivity index (χ1) is 19.9. The number of piperidine rings is 1. The van der Waals surface area contributed by atoms with E-state index in [0.29, 0.717) is 61.0 Å². The fraction of sp³-hybridized carbons (Fsp3) is 0.480. The van der Waals surface area contributed by atoms with Crippen molar-refractivity contribution in [3.05, 3.63) is 62.3 Å². The normalized spacial score (nSPS) is 20.1. The maximum absolute atomic E-state index is 13.3. The number of carbonyl (C=O) groups is 1. The molecule has 1 N–H and O–H groups in total. The number of nitrogens with zero attached hydrogens (tertiary/aromatic N) is 4. The molecule has 1 aromatic carbocycles. The first kappa shape index (κ1) is 30.7. The van der Waals surface area contributed by atoms with Gasteiger partial charge in [0.15, 0.2) is 0 Å². The third-order valence-corrected chi connectivity index (χ3v) is 8.99. The lowest BCUT2D eigenvalue weighted by Gasteiger charge is -2.31. The molecule has 1 atom stereocenters. The van der Waals surface area contributed by atoms with Gasteiger partial charge >= 0.3 is 10.1 Å². The summed E-state index contributed by atoms with van der Waals surface area (Å²) in [4.78, 5) is 24.7. The number of nitrogens with one attached hydrogen (secondary N) is 1. The number of carbonyl (C=O) groups excluding carboxylic acids is 1. The van der Waals surface area contributed by atoms with Gasteiger partial charge in [0, 0.05) is 41.4 Å². The molecule has 4 heterocycles. The SMILES string of the molecule is CS(=O)(=O)Oc1cccc(Cl)c1C1(c2csc(C3CCN(C(=O)Cn4nc(C(F)F)cc4C(F)F)CC3)n2)CCON1. The Kier molecular flexibility index (Phi) is 8.81. The summed E-state index contributed by atoms with van der Waals surface area (Å²) in [6.45, 7) is 0.366. The van der Waals surface area contributed by atoms with Crippen molar-refractivity contribution in [1.29, 1.82) is 0 Å². The molecule has 0 saturated carbocycles. The van der Waals surface area contributed by atoms with E-state index in [-0.39, 0.29) is 16.7 Å². The summed E-state index contributed by atoms with van der Waals surface area (Å²) < 4.78 is 82.4. The lowest BCUT2D eigenvalue weighted by Crippen LogP contribution is -2.40. The number of hydrogen-bond donors (Lipinski definition) is 1. The van der Waals surface area contributed by atoms with Gasteiger partial charge in [0.1, 0.15) is 29.2 Å². The second-order valence-electron chi connectivity index (χ2n) is 9.99. The molecule has 42 heavy (non-hydrogen) atoms. The van der Waals surface area contributed by atoms with Crippen LogP contribution in [-0.4, -0.2) is 59.9 Å². The van der Waals surface area contributed by atoms with Crippen LogP contribution < -0.4 is 9.66 Å². The smallest absolute Gasteiger partial charge is 0.306 e. The van der Waals surface area contributed by atoms with Crippen molar-refractivity contribution >= 4 is 39.0 Å². The molecule has 3 aromatic rings. The minimum atomic E-state index is -3.86. The Balaban J connectivity index is 1.31. The Morgan fingerprint density at radius 3 is 2.62 bits per heavy atom. The van der Waals surface area contributed by atoms with Crippen LogP contribution in [0.2, 0.25) is 5.02 Å². The van der Waals surface area contributed by atoms with Gasteiger partial charge < -0.3 is 13.9 Å². The summed E-state index contributed by atoms with van der Waals surface area (Å²) in [7, 11) is -3.86. The molecule has 1 unspecified atom stereocenters. The van der Waals surface area contributed by atoms with Gasteiger partial charge in [-0.2, -0.15) is 19.0 Å². The van der Waals surface area contributed by atoms with Gasteiger partial charge in [-0.15, -0.1) is 11.3 Å². The summed E-state index contributed by atoms with van der Waals surface area (Å²) >= 11 is 7.97. The average Bonchev–Trinajstić information content (AvgIpc) is 3.68. The standard InChI is InChI=1S/C25H26ClF4N5O5S2/c1-42(37,38)40-18-4-2-3-15(26)21(18)25(7-10-39-33-25)19-13-41-24(31-19)14-5-8-34(9-6-14)20(36)12-35-17(23(29)30)11-16(32-35)22(27)28/h2-4,11,13-14,22-23,33H,5-10,12H2,1H3. The largest absolute Gasteiger partial charge is 0.382 e. The highest BCUT2D eigenvalue weighted by Crippen LogP contribution is 2.46. The van der Waals surface area contributed by atoms with Crippen LogP contribution in [0.1, 0.15) is 65.7 Å². The molecule has 2 aliphatic heterocycles. The van der Waals surface area contributed by atoms with Crippen LogP contribution in [0, 0.1) is 0 Å². The van der Waals surface area contributed by atoms with Crippen molar-refractivity contribution in [2.24, 2.45) is 0 Å². The van der Waals surface area contributed by atoms with E-state index in [1.165, 1.54) is 22.3 Å². The summed E-state index contributed by atoms with van der Waals surface area (Å²) in [6, 6.07) is 5.32. The van der Waals surface area contributed by atoms with E-state index in [2.05, 4.69) is 10.6 Å². The number of alkyl halides is 4. The average molecular weight is 652 g/mol. The summed E-state index contributed by atoms with van der Waals surface area (Å²) in [5.74, 6) is -0.461. The summed E-state index contributed by atoms with van der Waals surface area (Å²) in [6.07, 6.45) is -3.67. The highest BCUT2D eigenvalue weighted by atomic mass is 35.5. The van der Waals surface area contributed by atoms with Crippen LogP contribution >= 0.6 is 22.9 Å². The van der Waals surface area contributed by atoms with Crippen LogP contribution in [0.5, 0.6) is 5.75 Å². The van der Waals surface area contributed by atoms with Crippen LogP contribution in [0.15, 0.2) is 29.6 Å². The van der Waals surface area contributed by atoms with Gasteiger partial charge in [-0.25, -0.2) is 22.5 Å². The molecule has 2 saturated heterocycles. The molecule has 0 spiro atoms. The second-order valence-corrected chi connectivity index (χ2v) is 12.9. The first-order valence-electron chi connectivity index (χ1n) is 12.8. The van der Waals surface area contributed by atoms with Gasteiger partial charge in [-0.05, 0) is 31.0 Å². The van der Waals surface area contributed by atoms with E-state index >= 15 is 0 Å². The van der Waals surface area contributed by atoms with Crippen molar-refractivity contribution in [3.8, 4) is 5.75 Å². The summed E-state index contributed by atoms with van der Waals surface area (Å²) in [5, 5.41) is 6.39. The molecule has 0 bridgehead atoms. The number of hydroxylamine groups is 1. The maximum Gasteiger partial charge on any atom is 0.306 e. The Morgan fingerprint density at radius 1 is 1.26 bits per heavy atom. The third-order valence-electron chi connectivity index (χ3n) is 7.19. The minimum Gasteiger partial charge on any atom is -0.382 e. The van der Waals surface area contributed by atoms with Crippen molar-refractivity contribution in [1.82, 2.24) is 25.1 Å². The molecule has 2 aromatic heterocycles. The fourth-order valence-corrected chi connectivity index (χ4v) is 7.06. The van der Waals surface area contributed by atoms with Crippen molar-refractivity contribution in [2.75, 3.05) is 26.0 Å². The lowest BCUT2D eigenvalue weighted by molar-refractivity contribution is -0.133. The number of rotatable bonds is 9. The van der Waals surface area contributed by atoms with Crippen LogP contribution in [0.3, 0.4) is 0 Å². The zero-order valence-corrected chi connectivity index (χ0v) is 24.5. The molecule has 0 radical (unpaired) electrons. The lowest BCUT2D eigenvalue weighted by atomic mass is 9.85. The maximum atomic E-state index is 13.3. The van der Waals surface area contributed by atoms with E-state index in [1.54, 1.807) is 12.1 Å². The predicted octanol–water partition coefficient (Wildman–Crippen LogP) is 4.78. The quantitative estimate of drug-likeness (QED) is 0.260. The highest BCUT2D eigenvalue weighted by molar-refractivity contribution is 7.86. The van der Waals surface area contributed by atoms with Gasteiger partial charge in [0.25, 0.3) is 12.9 Å². The highest BCUT2D eigenvalue weighted by Gasteiger charge is 2.45. The molecular formula is C25H26ClF4N5O5S2. The van der Waals surface area contributed by atoms with E-state index in [0.717, 1.165) is 11.3 Å². The van der Waals surface area contributed by atoms with Gasteiger partial charge in [-0.3, -0.25) is 9.48 Å². The van der Waals surface area contributed by atoms with Crippen LogP contribution in [0.4, 0.5) is 17.6 Å². The number of amides is 1. The van der Waals surface area contributed by atoms with Crippen molar-refractivity contribution < 1.29 is 39.8 Å². The number of halogens is 5. The van der Waals surface area contributed by atoms with Crippen molar-refractivity contribution in [2.45, 2.75) is 50.1 Å². The number of thiazole rings is 1. The predicted molar refractivity (Wildman–Crippen MR) is 144 cm³/mol. The Bertz CT molecular complexity index is 1550. The molecule has 2 fully saturated rings. The number of aromatic nitrogens is 3. The van der Waals surface area contributed by atoms with E-state index in [9.17, 15) is 30.8 Å². The molecule has 2 aliphatic rings. The van der Waals surface area contributed by atoms with Crippen molar-refractivity contribution in [3.63, 3.8) is 0 Å². The van der Waals surface area contributed by atoms with E-state index in [1.807, 2.05) is 5.38 Å². The molecule has 228 valence electrons. The monoisotopic (exact) mass is 651 g/mol. The number of likely N-dealkylation sites (tertiary alicyclic amines) is 1.